The maximum Gasteiger partial charge on any atom is 0.208 e. The maximum absolute atomic E-state index is 13.2. The van der Waals surface area contributed by atoms with Gasteiger partial charge in [-0.1, -0.05) is 12.1 Å². The Morgan fingerprint density at radius 3 is 2.58 bits per heavy atom. The number of nitrogens with zero attached hydrogens (tertiary/aromatic N) is 2. The molecule has 0 aliphatic rings. The van der Waals surface area contributed by atoms with E-state index in [2.05, 4.69) is 9.97 Å². The van der Waals surface area contributed by atoms with Crippen LogP contribution in [-0.4, -0.2) is 17.0 Å². The Balaban J connectivity index is 2.02. The Hall–Kier alpha value is -2.43. The summed E-state index contributed by atoms with van der Waals surface area (Å²) in [6.45, 7) is 0. The van der Waals surface area contributed by atoms with Gasteiger partial charge >= 0.3 is 0 Å². The molecule has 0 saturated heterocycles. The fraction of sp³-hybridized carbons (Fsp3) is 0.0714. The zero-order chi connectivity index (χ0) is 13.4. The third-order valence-electron chi connectivity index (χ3n) is 2.99. The first-order valence-electron chi connectivity index (χ1n) is 5.78. The van der Waals surface area contributed by atoms with E-state index in [1.54, 1.807) is 11.9 Å². The molecule has 1 N–H and O–H groups in total. The van der Waals surface area contributed by atoms with Crippen LogP contribution in [0, 0.1) is 11.6 Å². The van der Waals surface area contributed by atoms with Crippen LogP contribution in [-0.2, 0) is 0 Å². The van der Waals surface area contributed by atoms with Crippen molar-refractivity contribution in [1.82, 2.24) is 9.97 Å². The number of hydrogen-bond donors (Lipinski definition) is 1. The highest BCUT2D eigenvalue weighted by Gasteiger charge is 2.11. The van der Waals surface area contributed by atoms with Crippen LogP contribution in [0.15, 0.2) is 42.5 Å². The zero-order valence-electron chi connectivity index (χ0n) is 10.2. The van der Waals surface area contributed by atoms with E-state index in [9.17, 15) is 8.78 Å². The van der Waals surface area contributed by atoms with Gasteiger partial charge in [-0.15, -0.1) is 0 Å². The fourth-order valence-corrected chi connectivity index (χ4v) is 1.91. The summed E-state index contributed by atoms with van der Waals surface area (Å²) < 4.78 is 26.1. The molecule has 0 atom stereocenters. The Morgan fingerprint density at radius 1 is 1.05 bits per heavy atom. The number of halogens is 2. The molecule has 0 fully saturated rings. The standard InChI is InChI=1S/C14H11F2N3/c1-19(9-6-7-10(15)11(16)8-9)14-17-12-4-2-3-5-13(12)18-14/h2-8H,1H3,(H,17,18). The van der Waals surface area contributed by atoms with Gasteiger partial charge in [-0.2, -0.15) is 0 Å². The van der Waals surface area contributed by atoms with Gasteiger partial charge in [-0.05, 0) is 24.3 Å². The number of para-hydroxylation sites is 2. The van der Waals surface area contributed by atoms with Crippen molar-refractivity contribution in [3.05, 3.63) is 54.1 Å². The van der Waals surface area contributed by atoms with Crippen LogP contribution >= 0.6 is 0 Å². The van der Waals surface area contributed by atoms with Crippen LogP contribution < -0.4 is 4.90 Å². The Labute approximate surface area is 108 Å². The predicted molar refractivity (Wildman–Crippen MR) is 70.5 cm³/mol. The summed E-state index contributed by atoms with van der Waals surface area (Å²) >= 11 is 0. The van der Waals surface area contributed by atoms with Gasteiger partial charge in [0.1, 0.15) is 0 Å². The van der Waals surface area contributed by atoms with E-state index < -0.39 is 11.6 Å². The lowest BCUT2D eigenvalue weighted by Gasteiger charge is -2.15. The van der Waals surface area contributed by atoms with E-state index in [-0.39, 0.29) is 0 Å². The highest BCUT2D eigenvalue weighted by Crippen LogP contribution is 2.24. The lowest BCUT2D eigenvalue weighted by Crippen LogP contribution is -2.11. The highest BCUT2D eigenvalue weighted by atomic mass is 19.2. The highest BCUT2D eigenvalue weighted by molar-refractivity contribution is 5.78. The molecular weight excluding hydrogens is 248 g/mol. The molecule has 5 heteroatoms. The smallest absolute Gasteiger partial charge is 0.208 e. The van der Waals surface area contributed by atoms with Crippen molar-refractivity contribution in [3.8, 4) is 0 Å². The molecule has 0 spiro atoms. The third kappa shape index (κ3) is 2.03. The fourth-order valence-electron chi connectivity index (χ4n) is 1.91. The Kier molecular flexibility index (Phi) is 2.67. The summed E-state index contributed by atoms with van der Waals surface area (Å²) in [5, 5.41) is 0. The largest absolute Gasteiger partial charge is 0.324 e. The van der Waals surface area contributed by atoms with E-state index in [1.807, 2.05) is 24.3 Å². The minimum absolute atomic E-state index is 0.526. The summed E-state index contributed by atoms with van der Waals surface area (Å²) in [6, 6.07) is 11.3. The number of benzene rings is 2. The molecule has 3 aromatic rings. The van der Waals surface area contributed by atoms with Crippen molar-refractivity contribution < 1.29 is 8.78 Å². The molecule has 3 nitrogen and oxygen atoms in total. The van der Waals surface area contributed by atoms with Gasteiger partial charge < -0.3 is 9.88 Å². The number of hydrogen-bond acceptors (Lipinski definition) is 2. The molecule has 0 aliphatic carbocycles. The van der Waals surface area contributed by atoms with Crippen LogP contribution in [0.1, 0.15) is 0 Å². The van der Waals surface area contributed by atoms with E-state index in [0.717, 1.165) is 23.2 Å². The molecule has 0 radical (unpaired) electrons. The number of nitrogens with one attached hydrogen (secondary N) is 1. The second-order valence-corrected chi connectivity index (χ2v) is 4.23. The zero-order valence-corrected chi connectivity index (χ0v) is 10.2. The van der Waals surface area contributed by atoms with Crippen LogP contribution in [0.25, 0.3) is 11.0 Å². The van der Waals surface area contributed by atoms with Crippen LogP contribution in [0.2, 0.25) is 0 Å². The molecule has 1 heterocycles. The summed E-state index contributed by atoms with van der Waals surface area (Å²) in [4.78, 5) is 9.19. The van der Waals surface area contributed by atoms with Crippen LogP contribution in [0.4, 0.5) is 20.4 Å². The van der Waals surface area contributed by atoms with Crippen molar-refractivity contribution in [3.63, 3.8) is 0 Å². The molecule has 0 amide bonds. The van der Waals surface area contributed by atoms with Gasteiger partial charge in [0, 0.05) is 18.8 Å². The van der Waals surface area contributed by atoms with Gasteiger partial charge in [-0.3, -0.25) is 0 Å². The number of fused-ring (bicyclic) bond motifs is 1. The summed E-state index contributed by atoms with van der Waals surface area (Å²) in [5.74, 6) is -1.16. The van der Waals surface area contributed by atoms with E-state index in [1.165, 1.54) is 6.07 Å². The van der Waals surface area contributed by atoms with Gasteiger partial charge in [0.2, 0.25) is 5.95 Å². The number of aromatic nitrogens is 2. The molecular formula is C14H11F2N3. The minimum atomic E-state index is -0.875. The number of aromatic amines is 1. The molecule has 0 aliphatic heterocycles. The molecule has 3 rings (SSSR count). The quantitative estimate of drug-likeness (QED) is 0.762. The summed E-state index contributed by atoms with van der Waals surface area (Å²) in [7, 11) is 1.74. The lowest BCUT2D eigenvalue weighted by atomic mass is 10.3. The van der Waals surface area contributed by atoms with Gasteiger partial charge in [0.25, 0.3) is 0 Å². The van der Waals surface area contributed by atoms with E-state index in [4.69, 9.17) is 0 Å². The number of anilines is 2. The van der Waals surface area contributed by atoms with Crippen molar-refractivity contribution in [2.75, 3.05) is 11.9 Å². The van der Waals surface area contributed by atoms with E-state index in [0.29, 0.717) is 11.6 Å². The van der Waals surface area contributed by atoms with Crippen molar-refractivity contribution >= 4 is 22.7 Å². The molecule has 1 aromatic heterocycles. The van der Waals surface area contributed by atoms with Crippen molar-refractivity contribution in [1.29, 1.82) is 0 Å². The maximum atomic E-state index is 13.2. The number of imidazole rings is 1. The topological polar surface area (TPSA) is 31.9 Å². The van der Waals surface area contributed by atoms with Crippen molar-refractivity contribution in [2.24, 2.45) is 0 Å². The molecule has 2 aromatic carbocycles. The second kappa shape index (κ2) is 4.35. The first kappa shape index (κ1) is 11.6. The third-order valence-corrected chi connectivity index (χ3v) is 2.99. The first-order chi connectivity index (χ1) is 9.15. The van der Waals surface area contributed by atoms with Crippen LogP contribution in [0.5, 0.6) is 0 Å². The SMILES string of the molecule is CN(c1ccc(F)c(F)c1)c1nc2ccccc2[nH]1. The molecule has 19 heavy (non-hydrogen) atoms. The van der Waals surface area contributed by atoms with E-state index >= 15 is 0 Å². The number of H-pyrrole nitrogens is 1. The average molecular weight is 259 g/mol. The van der Waals surface area contributed by atoms with Gasteiger partial charge in [0.05, 0.1) is 11.0 Å². The molecule has 0 unspecified atom stereocenters. The normalized spacial score (nSPS) is 10.9. The predicted octanol–water partition coefficient (Wildman–Crippen LogP) is 3.61. The summed E-state index contributed by atoms with van der Waals surface area (Å²) in [5.41, 5.74) is 2.25. The number of rotatable bonds is 2. The Bertz CT molecular complexity index is 703. The van der Waals surface area contributed by atoms with Gasteiger partial charge in [-0.25, -0.2) is 13.8 Å². The minimum Gasteiger partial charge on any atom is -0.324 e. The summed E-state index contributed by atoms with van der Waals surface area (Å²) in [6.07, 6.45) is 0. The molecule has 96 valence electrons. The monoisotopic (exact) mass is 259 g/mol. The first-order valence-corrected chi connectivity index (χ1v) is 5.78. The average Bonchev–Trinajstić information content (AvgIpc) is 2.85. The lowest BCUT2D eigenvalue weighted by molar-refractivity contribution is 0.509. The molecule has 0 bridgehead atoms. The Morgan fingerprint density at radius 2 is 1.84 bits per heavy atom. The second-order valence-electron chi connectivity index (χ2n) is 4.23. The molecule has 0 saturated carbocycles. The van der Waals surface area contributed by atoms with Crippen molar-refractivity contribution in [2.45, 2.75) is 0 Å². The van der Waals surface area contributed by atoms with Crippen LogP contribution in [0.3, 0.4) is 0 Å². The van der Waals surface area contributed by atoms with Gasteiger partial charge in [0.15, 0.2) is 11.6 Å².